The van der Waals surface area contributed by atoms with Crippen LogP contribution in [0.25, 0.3) is 33.2 Å². The molecule has 3 aliphatic heterocycles. The van der Waals surface area contributed by atoms with E-state index in [2.05, 4.69) is 49.8 Å². The molecule has 0 spiro atoms. The zero-order chi connectivity index (χ0) is 42.9. The van der Waals surface area contributed by atoms with E-state index in [9.17, 15) is 30.0 Å². The highest BCUT2D eigenvalue weighted by atomic mass is 32.2. The summed E-state index contributed by atoms with van der Waals surface area (Å²) in [6.07, 6.45) is -3.31. The number of esters is 2. The van der Waals surface area contributed by atoms with Crippen molar-refractivity contribution in [1.82, 2.24) is 19.9 Å². The van der Waals surface area contributed by atoms with Gasteiger partial charge in [0.1, 0.15) is 29.9 Å². The normalized spacial score (nSPS) is 23.7. The molecule has 0 aromatic carbocycles. The maximum absolute atomic E-state index is 13.4. The SMILES string of the molecule is CCc1c(C)c2cc3[nH]c(cc4nc(c(C)c5nc(cc1[nH]2)C(C)=C5C(=O)OC)[C@@H](CCC(=O)OC)[C@@H]4C)c(C)c3C(C)OCCCS[C@@H]1O[C@H](CO)[C@@H](O)[C@H](O)[C@H]1O. The van der Waals surface area contributed by atoms with Crippen LogP contribution in [-0.2, 0) is 35.0 Å². The molecular weight excluding hydrogens is 777 g/mol. The Hall–Kier alpha value is -4.09. The third-order valence-corrected chi connectivity index (χ3v) is 13.4. The van der Waals surface area contributed by atoms with Gasteiger partial charge in [0.25, 0.3) is 0 Å². The van der Waals surface area contributed by atoms with Crippen molar-refractivity contribution in [1.29, 1.82) is 0 Å². The molecule has 6 rings (SSSR count). The predicted molar refractivity (Wildman–Crippen MR) is 227 cm³/mol. The second-order valence-electron chi connectivity index (χ2n) is 15.7. The molecule has 0 saturated carbocycles. The van der Waals surface area contributed by atoms with Crippen molar-refractivity contribution in [2.45, 2.75) is 122 Å². The summed E-state index contributed by atoms with van der Waals surface area (Å²) < 4.78 is 22.4. The number of aromatic nitrogens is 4. The van der Waals surface area contributed by atoms with Crippen molar-refractivity contribution in [3.63, 3.8) is 0 Å². The molecule has 6 N–H and O–H groups in total. The number of nitrogens with zero attached hydrogens (tertiary/aromatic N) is 2. The quantitative estimate of drug-likeness (QED) is 0.0897. The molecule has 1 fully saturated rings. The Morgan fingerprint density at radius 2 is 1.63 bits per heavy atom. The van der Waals surface area contributed by atoms with Crippen LogP contribution in [0.5, 0.6) is 0 Å². The summed E-state index contributed by atoms with van der Waals surface area (Å²) in [7, 11) is 2.75. The number of aliphatic hydroxyl groups excluding tert-OH is 4. The number of carbonyl (C=O) groups is 2. The minimum atomic E-state index is -1.41. The van der Waals surface area contributed by atoms with Gasteiger partial charge in [-0.2, -0.15) is 0 Å². The topological polar surface area (TPSA) is 209 Å². The second kappa shape index (κ2) is 18.7. The fourth-order valence-electron chi connectivity index (χ4n) is 8.58. The fraction of sp³-hybridized carbons (Fsp3) is 0.545. The van der Waals surface area contributed by atoms with E-state index in [1.54, 1.807) is 0 Å². The van der Waals surface area contributed by atoms with Gasteiger partial charge in [0.15, 0.2) is 0 Å². The van der Waals surface area contributed by atoms with Gasteiger partial charge in [-0.3, -0.25) is 9.78 Å². The number of methoxy groups -OCH3 is 2. The summed E-state index contributed by atoms with van der Waals surface area (Å²) in [6.45, 7) is 14.1. The Kier molecular flexibility index (Phi) is 14.1. The summed E-state index contributed by atoms with van der Waals surface area (Å²) >= 11 is 1.30. The molecule has 3 aromatic rings. The average molecular weight is 835 g/mol. The number of allylic oxidation sites excluding steroid dienone is 1. The second-order valence-corrected chi connectivity index (χ2v) is 16.9. The van der Waals surface area contributed by atoms with Crippen LogP contribution in [0, 0.1) is 20.8 Å². The Bertz CT molecular complexity index is 2260. The van der Waals surface area contributed by atoms with Crippen molar-refractivity contribution >= 4 is 56.9 Å². The molecule has 15 heteroatoms. The Balaban J connectivity index is 1.45. The average Bonchev–Trinajstić information content (AvgIpc) is 3.91. The monoisotopic (exact) mass is 834 g/mol. The summed E-state index contributed by atoms with van der Waals surface area (Å²) in [5.41, 5.74) is 11.5. The lowest BCUT2D eigenvalue weighted by molar-refractivity contribution is -0.205. The third-order valence-electron chi connectivity index (χ3n) is 12.1. The van der Waals surface area contributed by atoms with Crippen LogP contribution >= 0.6 is 11.8 Å². The largest absolute Gasteiger partial charge is 0.469 e. The number of aliphatic hydroxyl groups is 4. The van der Waals surface area contributed by atoms with E-state index < -0.39 is 42.4 Å². The van der Waals surface area contributed by atoms with Gasteiger partial charge in [-0.15, -0.1) is 11.8 Å². The number of carbonyl (C=O) groups excluding carboxylic acids is 2. The number of thioether (sulfide) groups is 1. The van der Waals surface area contributed by atoms with Crippen LogP contribution in [0.15, 0.2) is 18.2 Å². The summed E-state index contributed by atoms with van der Waals surface area (Å²) in [5, 5.41) is 40.3. The van der Waals surface area contributed by atoms with Gasteiger partial charge in [-0.25, -0.2) is 9.78 Å². The molecule has 6 heterocycles. The molecule has 3 aliphatic rings. The van der Waals surface area contributed by atoms with E-state index in [-0.39, 0.29) is 30.3 Å². The molecule has 3 aromatic heterocycles. The zero-order valence-corrected chi connectivity index (χ0v) is 36.2. The Labute approximate surface area is 348 Å². The van der Waals surface area contributed by atoms with Crippen molar-refractivity contribution in [2.24, 2.45) is 0 Å². The summed E-state index contributed by atoms with van der Waals surface area (Å²) in [6, 6.07) is 6.17. The van der Waals surface area contributed by atoms with Crippen LogP contribution in [0.4, 0.5) is 0 Å². The predicted octanol–water partition coefficient (Wildman–Crippen LogP) is 5.75. The van der Waals surface area contributed by atoms with Gasteiger partial charge < -0.3 is 49.3 Å². The molecular formula is C44H58N4O10S. The van der Waals surface area contributed by atoms with Gasteiger partial charge in [-0.1, -0.05) is 13.8 Å². The van der Waals surface area contributed by atoms with Crippen LogP contribution in [0.2, 0.25) is 0 Å². The van der Waals surface area contributed by atoms with E-state index in [1.807, 2.05) is 26.8 Å². The smallest absolute Gasteiger partial charge is 0.340 e. The number of fused-ring (bicyclic) bond motifs is 8. The zero-order valence-electron chi connectivity index (χ0n) is 35.3. The van der Waals surface area contributed by atoms with Gasteiger partial charge in [0.2, 0.25) is 0 Å². The number of H-pyrrole nitrogens is 2. The van der Waals surface area contributed by atoms with Gasteiger partial charge in [0.05, 0.1) is 43.9 Å². The summed E-state index contributed by atoms with van der Waals surface area (Å²) in [4.78, 5) is 43.5. The highest BCUT2D eigenvalue weighted by Gasteiger charge is 2.43. The molecule has 0 aliphatic carbocycles. The van der Waals surface area contributed by atoms with Crippen molar-refractivity contribution in [2.75, 3.05) is 33.2 Å². The molecule has 0 amide bonds. The number of nitrogens with one attached hydrogen (secondary N) is 2. The van der Waals surface area contributed by atoms with Gasteiger partial charge >= 0.3 is 11.9 Å². The molecule has 1 saturated heterocycles. The van der Waals surface area contributed by atoms with Crippen LogP contribution in [-0.4, -0.2) is 115 Å². The van der Waals surface area contributed by atoms with Crippen LogP contribution in [0.3, 0.4) is 0 Å². The standard InChI is InChI=1S/C44H58N4O10S/c1-10-26-20(2)28-18-33-36(25(7)57-14-11-15-59-44-42(53)41(52)40(51)34(19-49)58-44)22(4)30(46-33)16-29-21(3)27(12-13-35(50)55-8)38(47-29)24(6)39-37(43(54)56-9)23(5)31(48-39)17-32(26)45-28/h16-18,21,25,27,34,40-42,44-46,49,51-53H,10-15,19H2,1-9H3/t21-,25?,27-,34+,40+,41-,42+,44-/m0/s1. The van der Waals surface area contributed by atoms with E-state index >= 15 is 0 Å². The maximum atomic E-state index is 13.4. The molecule has 1 unspecified atom stereocenters. The first-order valence-corrected chi connectivity index (χ1v) is 21.3. The maximum Gasteiger partial charge on any atom is 0.340 e. The first-order valence-electron chi connectivity index (χ1n) is 20.3. The number of ether oxygens (including phenoxy) is 4. The van der Waals surface area contributed by atoms with E-state index in [0.29, 0.717) is 47.7 Å². The molecule has 8 atom stereocenters. The lowest BCUT2D eigenvalue weighted by Gasteiger charge is -2.39. The van der Waals surface area contributed by atoms with E-state index in [1.165, 1.54) is 26.0 Å². The molecule has 0 radical (unpaired) electrons. The minimum Gasteiger partial charge on any atom is -0.469 e. The number of hydrogen-bond donors (Lipinski definition) is 6. The highest BCUT2D eigenvalue weighted by Crippen LogP contribution is 2.44. The molecule has 59 heavy (non-hydrogen) atoms. The lowest BCUT2D eigenvalue weighted by Crippen LogP contribution is -2.57. The van der Waals surface area contributed by atoms with Gasteiger partial charge in [-0.05, 0) is 106 Å². The van der Waals surface area contributed by atoms with Crippen LogP contribution in [0.1, 0.15) is 115 Å². The first-order chi connectivity index (χ1) is 28.1. The Morgan fingerprint density at radius 1 is 0.915 bits per heavy atom. The minimum absolute atomic E-state index is 0.0858. The molecule has 14 nitrogen and oxygen atoms in total. The van der Waals surface area contributed by atoms with E-state index in [0.717, 1.165) is 67.7 Å². The van der Waals surface area contributed by atoms with Gasteiger partial charge in [0, 0.05) is 63.9 Å². The molecule has 8 bridgehead atoms. The van der Waals surface area contributed by atoms with Crippen molar-refractivity contribution in [3.05, 3.63) is 68.8 Å². The van der Waals surface area contributed by atoms with Crippen molar-refractivity contribution < 1.29 is 49.0 Å². The Morgan fingerprint density at radius 3 is 2.31 bits per heavy atom. The number of hydrogen-bond acceptors (Lipinski definition) is 13. The number of rotatable bonds is 13. The fourth-order valence-corrected chi connectivity index (χ4v) is 9.67. The highest BCUT2D eigenvalue weighted by molar-refractivity contribution is 7.99. The molecule has 320 valence electrons. The van der Waals surface area contributed by atoms with Crippen LogP contribution < -0.4 is 0 Å². The summed E-state index contributed by atoms with van der Waals surface area (Å²) in [5.74, 6) is -0.483. The third kappa shape index (κ3) is 8.74. The number of aryl methyl sites for hydroxylation is 3. The van der Waals surface area contributed by atoms with Crippen molar-refractivity contribution in [3.8, 4) is 0 Å². The van der Waals surface area contributed by atoms with E-state index in [4.69, 9.17) is 28.9 Å². The first kappa shape index (κ1) is 44.5. The lowest BCUT2D eigenvalue weighted by atomic mass is 9.85. The number of aromatic amines is 2.